The Balaban J connectivity index is 2.07. The third kappa shape index (κ3) is 4.03. The minimum atomic E-state index is -0.201. The van der Waals surface area contributed by atoms with Crippen molar-refractivity contribution in [2.24, 2.45) is 11.7 Å². The number of rotatable bonds is 5. The minimum Gasteiger partial charge on any atom is -0.329 e. The van der Waals surface area contributed by atoms with Crippen molar-refractivity contribution in [2.45, 2.75) is 38.1 Å². The number of halogens is 2. The SMILES string of the molecule is CN(CC1CCCCC1)C(CN)c1cc(F)ccc1Br. The Morgan fingerprint density at radius 2 is 2.05 bits per heavy atom. The maximum Gasteiger partial charge on any atom is 0.123 e. The predicted molar refractivity (Wildman–Crippen MR) is 85.1 cm³/mol. The smallest absolute Gasteiger partial charge is 0.123 e. The van der Waals surface area contributed by atoms with Gasteiger partial charge in [0, 0.05) is 23.6 Å². The zero-order valence-corrected chi connectivity index (χ0v) is 13.7. The predicted octanol–water partition coefficient (Wildman–Crippen LogP) is 4.10. The number of nitrogens with two attached hydrogens (primary N) is 1. The van der Waals surface area contributed by atoms with Gasteiger partial charge >= 0.3 is 0 Å². The topological polar surface area (TPSA) is 29.3 Å². The molecule has 1 fully saturated rings. The number of likely N-dealkylation sites (N-methyl/N-ethyl adjacent to an activating group) is 1. The summed E-state index contributed by atoms with van der Waals surface area (Å²) in [4.78, 5) is 2.29. The molecule has 0 bridgehead atoms. The molecule has 0 spiro atoms. The van der Waals surface area contributed by atoms with Gasteiger partial charge in [-0.05, 0) is 49.6 Å². The fourth-order valence-electron chi connectivity index (χ4n) is 3.22. The molecule has 0 radical (unpaired) electrons. The number of hydrogen-bond donors (Lipinski definition) is 1. The molecular weight excluding hydrogens is 319 g/mol. The van der Waals surface area contributed by atoms with E-state index < -0.39 is 0 Å². The largest absolute Gasteiger partial charge is 0.329 e. The summed E-state index contributed by atoms with van der Waals surface area (Å²) in [5, 5.41) is 0. The number of nitrogens with zero attached hydrogens (tertiary/aromatic N) is 1. The summed E-state index contributed by atoms with van der Waals surface area (Å²) in [7, 11) is 2.10. The monoisotopic (exact) mass is 342 g/mol. The molecule has 1 atom stereocenters. The summed E-state index contributed by atoms with van der Waals surface area (Å²) in [6.07, 6.45) is 6.68. The van der Waals surface area contributed by atoms with Crippen LogP contribution in [0, 0.1) is 11.7 Å². The number of benzene rings is 1. The summed E-state index contributed by atoms with van der Waals surface area (Å²) in [5.74, 6) is 0.558. The molecule has 1 aliphatic rings. The highest BCUT2D eigenvalue weighted by Crippen LogP contribution is 2.30. The second-order valence-electron chi connectivity index (χ2n) is 5.86. The highest BCUT2D eigenvalue weighted by molar-refractivity contribution is 9.10. The van der Waals surface area contributed by atoms with E-state index in [2.05, 4.69) is 27.9 Å². The van der Waals surface area contributed by atoms with Crippen molar-refractivity contribution in [2.75, 3.05) is 20.1 Å². The van der Waals surface area contributed by atoms with Gasteiger partial charge in [-0.15, -0.1) is 0 Å². The van der Waals surface area contributed by atoms with Crippen molar-refractivity contribution in [3.63, 3.8) is 0 Å². The number of hydrogen-bond acceptors (Lipinski definition) is 2. The fraction of sp³-hybridized carbons (Fsp3) is 0.625. The Kier molecular flexibility index (Phi) is 6.00. The van der Waals surface area contributed by atoms with Crippen LogP contribution in [0.2, 0.25) is 0 Å². The maximum absolute atomic E-state index is 13.5. The van der Waals surface area contributed by atoms with Gasteiger partial charge < -0.3 is 5.73 Å². The second kappa shape index (κ2) is 7.53. The zero-order valence-electron chi connectivity index (χ0n) is 12.1. The third-order valence-electron chi connectivity index (χ3n) is 4.34. The first-order valence-electron chi connectivity index (χ1n) is 7.47. The van der Waals surface area contributed by atoms with Crippen LogP contribution in [-0.2, 0) is 0 Å². The average molecular weight is 343 g/mol. The molecule has 0 saturated heterocycles. The molecule has 2 nitrogen and oxygen atoms in total. The normalized spacial score (nSPS) is 18.4. The van der Waals surface area contributed by atoms with Crippen LogP contribution in [0.15, 0.2) is 22.7 Å². The molecule has 1 aromatic rings. The van der Waals surface area contributed by atoms with Gasteiger partial charge in [-0.1, -0.05) is 35.2 Å². The molecule has 0 amide bonds. The Labute approximate surface area is 129 Å². The molecular formula is C16H24BrFN2. The lowest BCUT2D eigenvalue weighted by Gasteiger charge is -2.33. The van der Waals surface area contributed by atoms with Gasteiger partial charge in [0.05, 0.1) is 0 Å². The maximum atomic E-state index is 13.5. The van der Waals surface area contributed by atoms with Crippen molar-refractivity contribution in [3.8, 4) is 0 Å². The van der Waals surface area contributed by atoms with Crippen LogP contribution in [0.3, 0.4) is 0 Å². The molecule has 2 N–H and O–H groups in total. The molecule has 0 heterocycles. The van der Waals surface area contributed by atoms with Gasteiger partial charge in [-0.3, -0.25) is 4.90 Å². The van der Waals surface area contributed by atoms with E-state index in [1.165, 1.54) is 38.2 Å². The Hall–Kier alpha value is -0.450. The van der Waals surface area contributed by atoms with Gasteiger partial charge in [0.15, 0.2) is 0 Å². The molecule has 2 rings (SSSR count). The summed E-state index contributed by atoms with van der Waals surface area (Å²) in [5.41, 5.74) is 6.89. The van der Waals surface area contributed by atoms with Crippen molar-refractivity contribution < 1.29 is 4.39 Å². The van der Waals surface area contributed by atoms with Crippen LogP contribution in [0.25, 0.3) is 0 Å². The van der Waals surface area contributed by atoms with Gasteiger partial charge in [-0.2, -0.15) is 0 Å². The summed E-state index contributed by atoms with van der Waals surface area (Å²) in [6, 6.07) is 4.91. The van der Waals surface area contributed by atoms with E-state index in [9.17, 15) is 4.39 Å². The van der Waals surface area contributed by atoms with E-state index in [-0.39, 0.29) is 11.9 Å². The molecule has 20 heavy (non-hydrogen) atoms. The fourth-order valence-corrected chi connectivity index (χ4v) is 3.73. The molecule has 0 aromatic heterocycles. The van der Waals surface area contributed by atoms with E-state index in [4.69, 9.17) is 5.73 Å². The van der Waals surface area contributed by atoms with E-state index in [0.29, 0.717) is 6.54 Å². The molecule has 112 valence electrons. The van der Waals surface area contributed by atoms with E-state index in [1.54, 1.807) is 12.1 Å². The highest BCUT2D eigenvalue weighted by Gasteiger charge is 2.22. The van der Waals surface area contributed by atoms with Gasteiger partial charge in [-0.25, -0.2) is 4.39 Å². The summed E-state index contributed by atoms with van der Waals surface area (Å²) >= 11 is 3.52. The third-order valence-corrected chi connectivity index (χ3v) is 5.07. The van der Waals surface area contributed by atoms with Crippen LogP contribution in [0.4, 0.5) is 4.39 Å². The van der Waals surface area contributed by atoms with Crippen LogP contribution in [0.5, 0.6) is 0 Å². The van der Waals surface area contributed by atoms with Crippen molar-refractivity contribution in [1.29, 1.82) is 0 Å². The lowest BCUT2D eigenvalue weighted by Crippen LogP contribution is -2.35. The average Bonchev–Trinajstić information content (AvgIpc) is 2.44. The first-order chi connectivity index (χ1) is 9.61. The van der Waals surface area contributed by atoms with Crippen LogP contribution < -0.4 is 5.73 Å². The zero-order chi connectivity index (χ0) is 14.5. The summed E-state index contributed by atoms with van der Waals surface area (Å²) < 4.78 is 14.4. The summed E-state index contributed by atoms with van der Waals surface area (Å²) in [6.45, 7) is 1.55. The van der Waals surface area contributed by atoms with Crippen molar-refractivity contribution in [1.82, 2.24) is 4.90 Å². The van der Waals surface area contributed by atoms with Gasteiger partial charge in [0.2, 0.25) is 0 Å². The first kappa shape index (κ1) is 15.9. The second-order valence-corrected chi connectivity index (χ2v) is 6.72. The molecule has 0 aliphatic heterocycles. The van der Waals surface area contributed by atoms with Crippen LogP contribution in [-0.4, -0.2) is 25.0 Å². The quantitative estimate of drug-likeness (QED) is 0.872. The van der Waals surface area contributed by atoms with Crippen molar-refractivity contribution >= 4 is 15.9 Å². The Morgan fingerprint density at radius 3 is 2.70 bits per heavy atom. The molecule has 1 saturated carbocycles. The van der Waals surface area contributed by atoms with E-state index >= 15 is 0 Å². The highest BCUT2D eigenvalue weighted by atomic mass is 79.9. The lowest BCUT2D eigenvalue weighted by atomic mass is 9.88. The van der Waals surface area contributed by atoms with E-state index in [0.717, 1.165) is 22.5 Å². The molecule has 1 unspecified atom stereocenters. The van der Waals surface area contributed by atoms with Crippen molar-refractivity contribution in [3.05, 3.63) is 34.1 Å². The Bertz CT molecular complexity index is 432. The first-order valence-corrected chi connectivity index (χ1v) is 8.26. The minimum absolute atomic E-state index is 0.0713. The van der Waals surface area contributed by atoms with Gasteiger partial charge in [0.1, 0.15) is 5.82 Å². The lowest BCUT2D eigenvalue weighted by molar-refractivity contribution is 0.185. The van der Waals surface area contributed by atoms with Gasteiger partial charge in [0.25, 0.3) is 0 Å². The van der Waals surface area contributed by atoms with E-state index in [1.807, 2.05) is 0 Å². The van der Waals surface area contributed by atoms with Crippen LogP contribution >= 0.6 is 15.9 Å². The molecule has 4 heteroatoms. The Morgan fingerprint density at radius 1 is 1.35 bits per heavy atom. The molecule has 1 aliphatic carbocycles. The molecule has 1 aromatic carbocycles. The standard InChI is InChI=1S/C16H24BrFN2/c1-20(11-12-5-3-2-4-6-12)16(10-19)14-9-13(18)7-8-15(14)17/h7-9,12,16H,2-6,10-11,19H2,1H3. The van der Waals surface area contributed by atoms with Crippen LogP contribution in [0.1, 0.15) is 43.7 Å².